The summed E-state index contributed by atoms with van der Waals surface area (Å²) < 4.78 is 0. The number of hydrogen-bond acceptors (Lipinski definition) is 3. The summed E-state index contributed by atoms with van der Waals surface area (Å²) in [5.41, 5.74) is -0.124. The van der Waals surface area contributed by atoms with Crippen molar-refractivity contribution < 1.29 is 5.11 Å². The maximum absolute atomic E-state index is 9.45. The van der Waals surface area contributed by atoms with Gasteiger partial charge in [0.1, 0.15) is 0 Å². The number of halogens is 1. The van der Waals surface area contributed by atoms with Crippen molar-refractivity contribution in [1.29, 1.82) is 0 Å². The Hall–Kier alpha value is -0.220. The van der Waals surface area contributed by atoms with Gasteiger partial charge in [-0.1, -0.05) is 30.7 Å². The topological polar surface area (TPSA) is 32.3 Å². The molecule has 1 aromatic rings. The highest BCUT2D eigenvalue weighted by Gasteiger charge is 2.24. The molecular formula is C14H22ClNOS. The summed E-state index contributed by atoms with van der Waals surface area (Å²) in [6.07, 6.45) is 2.98. The first-order chi connectivity index (χ1) is 8.67. The fourth-order valence-electron chi connectivity index (χ4n) is 1.90. The lowest BCUT2D eigenvalue weighted by Gasteiger charge is -2.30. The van der Waals surface area contributed by atoms with Gasteiger partial charge in [-0.05, 0) is 44.2 Å². The molecule has 0 aliphatic heterocycles. The van der Waals surface area contributed by atoms with Crippen LogP contribution in [0.2, 0.25) is 5.02 Å². The predicted molar refractivity (Wildman–Crippen MR) is 80.6 cm³/mol. The average molecular weight is 288 g/mol. The number of nitrogens with one attached hydrogen (secondary N) is 1. The molecule has 0 aliphatic rings. The molecule has 0 amide bonds. The van der Waals surface area contributed by atoms with Crippen LogP contribution < -0.4 is 5.32 Å². The smallest absolute Gasteiger partial charge is 0.0613 e. The van der Waals surface area contributed by atoms with E-state index in [4.69, 9.17) is 11.6 Å². The first-order valence-electron chi connectivity index (χ1n) is 6.34. The molecule has 4 heteroatoms. The lowest BCUT2D eigenvalue weighted by Crippen LogP contribution is -2.45. The highest BCUT2D eigenvalue weighted by Crippen LogP contribution is 2.28. The highest BCUT2D eigenvalue weighted by atomic mass is 35.5. The minimum Gasteiger partial charge on any atom is -0.394 e. The van der Waals surface area contributed by atoms with Gasteiger partial charge in [-0.15, -0.1) is 11.8 Å². The summed E-state index contributed by atoms with van der Waals surface area (Å²) in [4.78, 5) is 1.13. The molecule has 0 aliphatic carbocycles. The number of likely N-dealkylation sites (N-methyl/N-ethyl adjacent to an activating group) is 1. The molecule has 18 heavy (non-hydrogen) atoms. The number of rotatable bonds is 8. The van der Waals surface area contributed by atoms with Gasteiger partial charge in [0.15, 0.2) is 0 Å². The van der Waals surface area contributed by atoms with Crippen molar-refractivity contribution >= 4 is 23.4 Å². The van der Waals surface area contributed by atoms with Crippen molar-refractivity contribution in [3.05, 3.63) is 29.3 Å². The second kappa shape index (κ2) is 8.05. The lowest BCUT2D eigenvalue weighted by atomic mass is 9.92. The Kier molecular flexibility index (Phi) is 7.08. The van der Waals surface area contributed by atoms with Gasteiger partial charge in [-0.2, -0.15) is 0 Å². The van der Waals surface area contributed by atoms with E-state index < -0.39 is 0 Å². The quantitative estimate of drug-likeness (QED) is 0.566. The van der Waals surface area contributed by atoms with Gasteiger partial charge in [0, 0.05) is 10.4 Å². The summed E-state index contributed by atoms with van der Waals surface area (Å²) in [6.45, 7) is 2.30. The standard InChI is InChI=1S/C14H22ClNOS/c1-3-14(11-17,16-2)9-6-10-18-13-8-5-4-7-12(13)15/h4-5,7-8,16-17H,3,6,9-11H2,1-2H3. The van der Waals surface area contributed by atoms with Gasteiger partial charge >= 0.3 is 0 Å². The lowest BCUT2D eigenvalue weighted by molar-refractivity contribution is 0.154. The second-order valence-electron chi connectivity index (χ2n) is 4.42. The van der Waals surface area contributed by atoms with Crippen molar-refractivity contribution in [2.45, 2.75) is 36.6 Å². The van der Waals surface area contributed by atoms with E-state index in [9.17, 15) is 5.11 Å². The van der Waals surface area contributed by atoms with Crippen molar-refractivity contribution in [2.75, 3.05) is 19.4 Å². The monoisotopic (exact) mass is 287 g/mol. The maximum Gasteiger partial charge on any atom is 0.0613 e. The van der Waals surface area contributed by atoms with Gasteiger partial charge in [0.05, 0.1) is 11.6 Å². The van der Waals surface area contributed by atoms with Crippen LogP contribution in [0.3, 0.4) is 0 Å². The normalized spacial score (nSPS) is 14.4. The molecule has 1 unspecified atom stereocenters. The molecule has 0 fully saturated rings. The number of aliphatic hydroxyl groups is 1. The summed E-state index contributed by atoms with van der Waals surface area (Å²) in [5, 5.41) is 13.5. The molecule has 1 rings (SSSR count). The molecule has 0 saturated carbocycles. The molecule has 2 N–H and O–H groups in total. The highest BCUT2D eigenvalue weighted by molar-refractivity contribution is 7.99. The first-order valence-corrected chi connectivity index (χ1v) is 7.71. The van der Waals surface area contributed by atoms with Crippen molar-refractivity contribution in [1.82, 2.24) is 5.32 Å². The second-order valence-corrected chi connectivity index (χ2v) is 5.97. The maximum atomic E-state index is 9.45. The summed E-state index contributed by atoms with van der Waals surface area (Å²) in [6, 6.07) is 7.92. The molecule has 1 aromatic carbocycles. The van der Waals surface area contributed by atoms with E-state index in [0.717, 1.165) is 34.9 Å². The van der Waals surface area contributed by atoms with Gasteiger partial charge in [-0.3, -0.25) is 0 Å². The molecule has 0 aromatic heterocycles. The van der Waals surface area contributed by atoms with E-state index >= 15 is 0 Å². The SMILES string of the molecule is CCC(CO)(CCCSc1ccccc1Cl)NC. The average Bonchev–Trinajstić information content (AvgIpc) is 2.42. The number of benzene rings is 1. The summed E-state index contributed by atoms with van der Waals surface area (Å²) in [5.74, 6) is 1.02. The van der Waals surface area contributed by atoms with E-state index in [1.165, 1.54) is 0 Å². The minimum atomic E-state index is -0.124. The van der Waals surface area contributed by atoms with Crippen LogP contribution >= 0.6 is 23.4 Å². The Morgan fingerprint density at radius 3 is 2.67 bits per heavy atom. The molecule has 0 spiro atoms. The van der Waals surface area contributed by atoms with E-state index in [-0.39, 0.29) is 12.1 Å². The Bertz CT molecular complexity index is 347. The third-order valence-corrected chi connectivity index (χ3v) is 5.01. The minimum absolute atomic E-state index is 0.124. The van der Waals surface area contributed by atoms with Crippen LogP contribution in [0.4, 0.5) is 0 Å². The van der Waals surface area contributed by atoms with Crippen molar-refractivity contribution in [3.63, 3.8) is 0 Å². The van der Waals surface area contributed by atoms with Gasteiger partial charge in [0.2, 0.25) is 0 Å². The molecule has 2 nitrogen and oxygen atoms in total. The van der Waals surface area contributed by atoms with Crippen LogP contribution in [0.1, 0.15) is 26.2 Å². The molecule has 102 valence electrons. The molecule has 0 saturated heterocycles. The van der Waals surface area contributed by atoms with Gasteiger partial charge in [-0.25, -0.2) is 0 Å². The predicted octanol–water partition coefficient (Wildman–Crippen LogP) is 3.57. The molecule has 0 radical (unpaired) electrons. The fourth-order valence-corrected chi connectivity index (χ4v) is 3.09. The first kappa shape index (κ1) is 15.8. The summed E-state index contributed by atoms with van der Waals surface area (Å²) >= 11 is 7.88. The number of aliphatic hydroxyl groups excluding tert-OH is 1. The Labute approximate surface area is 119 Å². The number of hydrogen-bond donors (Lipinski definition) is 2. The molecule has 1 atom stereocenters. The van der Waals surface area contributed by atoms with Crippen LogP contribution in [-0.4, -0.2) is 30.1 Å². The van der Waals surface area contributed by atoms with Crippen LogP contribution in [0.15, 0.2) is 29.2 Å². The summed E-state index contributed by atoms with van der Waals surface area (Å²) in [7, 11) is 1.92. The van der Waals surface area contributed by atoms with Crippen LogP contribution in [-0.2, 0) is 0 Å². The Morgan fingerprint density at radius 2 is 2.11 bits per heavy atom. The largest absolute Gasteiger partial charge is 0.394 e. The molecule has 0 heterocycles. The molecular weight excluding hydrogens is 266 g/mol. The van der Waals surface area contributed by atoms with E-state index in [1.54, 1.807) is 11.8 Å². The van der Waals surface area contributed by atoms with Crippen LogP contribution in [0, 0.1) is 0 Å². The zero-order chi connectivity index (χ0) is 13.4. The Morgan fingerprint density at radius 1 is 1.39 bits per heavy atom. The number of thioether (sulfide) groups is 1. The van der Waals surface area contributed by atoms with Crippen LogP contribution in [0.5, 0.6) is 0 Å². The Balaban J connectivity index is 2.37. The van der Waals surface area contributed by atoms with Crippen LogP contribution in [0.25, 0.3) is 0 Å². The third kappa shape index (κ3) is 4.47. The van der Waals surface area contributed by atoms with E-state index in [0.29, 0.717) is 0 Å². The van der Waals surface area contributed by atoms with Crippen molar-refractivity contribution in [2.24, 2.45) is 0 Å². The van der Waals surface area contributed by atoms with E-state index in [1.807, 2.05) is 31.3 Å². The van der Waals surface area contributed by atoms with Crippen molar-refractivity contribution in [3.8, 4) is 0 Å². The zero-order valence-corrected chi connectivity index (χ0v) is 12.7. The molecule has 0 bridgehead atoms. The fraction of sp³-hybridized carbons (Fsp3) is 0.571. The zero-order valence-electron chi connectivity index (χ0n) is 11.1. The van der Waals surface area contributed by atoms with Gasteiger partial charge < -0.3 is 10.4 Å². The third-order valence-electron chi connectivity index (χ3n) is 3.40. The van der Waals surface area contributed by atoms with E-state index in [2.05, 4.69) is 12.2 Å². The van der Waals surface area contributed by atoms with Gasteiger partial charge in [0.25, 0.3) is 0 Å².